The van der Waals surface area contributed by atoms with Gasteiger partial charge in [0.15, 0.2) is 0 Å². The molecule has 4 rings (SSSR count). The topological polar surface area (TPSA) is 38.3 Å². The monoisotopic (exact) mass is 523 g/mol. The quantitative estimate of drug-likeness (QED) is 0.346. The average molecular weight is 524 g/mol. The minimum atomic E-state index is -4.94. The molecule has 1 saturated carbocycles. The Morgan fingerprint density at radius 1 is 1.03 bits per heavy atom. The number of hydrogen-bond acceptors (Lipinski definition) is 2. The Hall–Kier alpha value is -2.39. The van der Waals surface area contributed by atoms with E-state index in [0.717, 1.165) is 36.8 Å². The van der Waals surface area contributed by atoms with E-state index in [1.54, 1.807) is 0 Å². The van der Waals surface area contributed by atoms with Gasteiger partial charge >= 0.3 is 12.4 Å². The van der Waals surface area contributed by atoms with E-state index in [4.69, 9.17) is 27.9 Å². The number of alkyl halides is 6. The zero-order valence-corrected chi connectivity index (χ0v) is 18.8. The molecule has 1 fully saturated rings. The third kappa shape index (κ3) is 4.73. The first kappa shape index (κ1) is 24.7. The lowest BCUT2D eigenvalue weighted by Crippen LogP contribution is -2.46. The van der Waals surface area contributed by atoms with Crippen molar-refractivity contribution in [3.8, 4) is 5.75 Å². The number of carbonyl (C=O) groups excluding carboxylic acids is 1. The summed E-state index contributed by atoms with van der Waals surface area (Å²) in [4.78, 5) is 12.1. The molecule has 0 aromatic heterocycles. The molecule has 0 saturated heterocycles. The van der Waals surface area contributed by atoms with Gasteiger partial charge in [-0.15, -0.1) is 0 Å². The molecule has 1 aliphatic carbocycles. The maximum atomic E-state index is 14.3. The largest absolute Gasteiger partial charge is 0.472 e. The summed E-state index contributed by atoms with van der Waals surface area (Å²) < 4.78 is 89.3. The van der Waals surface area contributed by atoms with Crippen LogP contribution in [-0.4, -0.2) is 24.3 Å². The van der Waals surface area contributed by atoms with E-state index in [9.17, 15) is 31.1 Å². The van der Waals surface area contributed by atoms with Crippen LogP contribution >= 0.6 is 23.2 Å². The van der Waals surface area contributed by atoms with Crippen molar-refractivity contribution in [2.24, 2.45) is 0 Å². The highest BCUT2D eigenvalue weighted by molar-refractivity contribution is 6.34. The van der Waals surface area contributed by atoms with E-state index in [2.05, 4.69) is 5.32 Å². The minimum Gasteiger partial charge on any atom is -0.472 e. The van der Waals surface area contributed by atoms with Gasteiger partial charge in [0.2, 0.25) is 11.5 Å². The molecule has 1 heterocycles. The number of ether oxygens (including phenoxy) is 1. The van der Waals surface area contributed by atoms with Gasteiger partial charge in [-0.05, 0) is 60.7 Å². The molecule has 2 aromatic carbocycles. The van der Waals surface area contributed by atoms with Crippen molar-refractivity contribution in [1.29, 1.82) is 0 Å². The molecule has 1 N–H and O–H groups in total. The lowest BCUT2D eigenvalue weighted by Gasteiger charge is -2.31. The summed E-state index contributed by atoms with van der Waals surface area (Å²) in [5.74, 6) is -1.13. The van der Waals surface area contributed by atoms with Crippen LogP contribution in [-0.2, 0) is 16.8 Å². The van der Waals surface area contributed by atoms with Crippen LogP contribution in [0.15, 0.2) is 42.5 Å². The second kappa shape index (κ2) is 8.68. The molecule has 2 aliphatic rings. The molecule has 3 nitrogen and oxygen atoms in total. The van der Waals surface area contributed by atoms with Gasteiger partial charge in [-0.3, -0.25) is 4.79 Å². The number of hydrogen-bond donors (Lipinski definition) is 1. The molecular formula is C23H17Cl2F6NO2. The molecule has 1 unspecified atom stereocenters. The average Bonchev–Trinajstić information content (AvgIpc) is 3.07. The standard InChI is InChI=1S/C23H17Cl2F6NO2/c24-15-7-14(8-16(25)9-15)21(23(29,30)31)11-13-6-12(4-5-19(13)34-21)18(22(26,27)28)10-20(33)32-17-2-1-3-17/h4-10,17H,1-3,11H2,(H,32,33). The minimum absolute atomic E-state index is 0.0499. The van der Waals surface area contributed by atoms with Crippen LogP contribution in [0.25, 0.3) is 5.57 Å². The molecule has 11 heteroatoms. The SMILES string of the molecule is O=C(C=C(c1ccc2c(c1)CC(c1cc(Cl)cc(Cl)c1)(C(F)(F)F)O2)C(F)(F)F)NC1CCC1. The molecule has 34 heavy (non-hydrogen) atoms. The van der Waals surface area contributed by atoms with Gasteiger partial charge in [0.1, 0.15) is 5.75 Å². The van der Waals surface area contributed by atoms with Gasteiger partial charge in [-0.2, -0.15) is 26.3 Å². The van der Waals surface area contributed by atoms with E-state index in [0.29, 0.717) is 18.9 Å². The molecule has 0 bridgehead atoms. The maximum absolute atomic E-state index is 14.3. The summed E-state index contributed by atoms with van der Waals surface area (Å²) >= 11 is 11.8. The summed E-state index contributed by atoms with van der Waals surface area (Å²) in [5, 5.41) is 2.39. The number of nitrogens with one attached hydrogen (secondary N) is 1. The van der Waals surface area contributed by atoms with Gasteiger partial charge < -0.3 is 10.1 Å². The van der Waals surface area contributed by atoms with Crippen LogP contribution in [0.5, 0.6) is 5.75 Å². The van der Waals surface area contributed by atoms with Crippen molar-refractivity contribution < 1.29 is 35.9 Å². The highest BCUT2D eigenvalue weighted by atomic mass is 35.5. The molecular weight excluding hydrogens is 507 g/mol. The van der Waals surface area contributed by atoms with Crippen LogP contribution in [0.2, 0.25) is 10.0 Å². The Labute approximate surface area is 200 Å². The second-order valence-electron chi connectivity index (χ2n) is 8.28. The third-order valence-corrected chi connectivity index (χ3v) is 6.35. The molecule has 1 aliphatic heterocycles. The summed E-state index contributed by atoms with van der Waals surface area (Å²) in [6.07, 6.45) is -7.96. The lowest BCUT2D eigenvalue weighted by atomic mass is 9.87. The van der Waals surface area contributed by atoms with Gasteiger partial charge in [-0.1, -0.05) is 29.3 Å². The van der Waals surface area contributed by atoms with Crippen LogP contribution in [0.4, 0.5) is 26.3 Å². The fourth-order valence-corrected chi connectivity index (χ4v) is 4.53. The van der Waals surface area contributed by atoms with Crippen molar-refractivity contribution in [3.05, 3.63) is 69.2 Å². The van der Waals surface area contributed by atoms with Crippen LogP contribution in [0.3, 0.4) is 0 Å². The predicted octanol–water partition coefficient (Wildman–Crippen LogP) is 7.00. The fraction of sp³-hybridized carbons (Fsp3) is 0.348. The van der Waals surface area contributed by atoms with Crippen molar-refractivity contribution in [2.45, 2.75) is 49.7 Å². The van der Waals surface area contributed by atoms with Crippen LogP contribution in [0, 0.1) is 0 Å². The maximum Gasteiger partial charge on any atom is 0.432 e. The first-order valence-corrected chi connectivity index (χ1v) is 11.0. The number of benzene rings is 2. The second-order valence-corrected chi connectivity index (χ2v) is 9.15. The molecule has 0 radical (unpaired) electrons. The van der Waals surface area contributed by atoms with Crippen molar-refractivity contribution in [2.75, 3.05) is 0 Å². The number of allylic oxidation sites excluding steroid dienone is 1. The summed E-state index contributed by atoms with van der Waals surface area (Å²) in [6.45, 7) is 0. The number of halogens is 8. The first-order valence-electron chi connectivity index (χ1n) is 10.2. The molecule has 1 amide bonds. The Morgan fingerprint density at radius 2 is 1.68 bits per heavy atom. The first-order chi connectivity index (χ1) is 15.8. The number of rotatable bonds is 4. The summed E-state index contributed by atoms with van der Waals surface area (Å²) in [5.41, 5.74) is -5.06. The van der Waals surface area contributed by atoms with Crippen molar-refractivity contribution in [1.82, 2.24) is 5.32 Å². The van der Waals surface area contributed by atoms with Gasteiger partial charge in [0, 0.05) is 34.1 Å². The molecule has 2 aromatic rings. The van der Waals surface area contributed by atoms with Crippen LogP contribution in [0.1, 0.15) is 36.0 Å². The van der Waals surface area contributed by atoms with E-state index in [1.807, 2.05) is 0 Å². The predicted molar refractivity (Wildman–Crippen MR) is 115 cm³/mol. The molecule has 182 valence electrons. The Bertz CT molecular complexity index is 1140. The Balaban J connectivity index is 1.72. The van der Waals surface area contributed by atoms with Gasteiger partial charge in [-0.25, -0.2) is 0 Å². The van der Waals surface area contributed by atoms with Crippen LogP contribution < -0.4 is 10.1 Å². The lowest BCUT2D eigenvalue weighted by molar-refractivity contribution is -0.248. The smallest absolute Gasteiger partial charge is 0.432 e. The molecule has 1 atom stereocenters. The highest BCUT2D eigenvalue weighted by Crippen LogP contribution is 2.52. The van der Waals surface area contributed by atoms with E-state index in [-0.39, 0.29) is 33.0 Å². The summed E-state index contributed by atoms with van der Waals surface area (Å²) in [6, 6.07) is 6.17. The fourth-order valence-electron chi connectivity index (χ4n) is 4.00. The van der Waals surface area contributed by atoms with E-state index < -0.39 is 41.4 Å². The number of amides is 1. The zero-order valence-electron chi connectivity index (χ0n) is 17.3. The van der Waals surface area contributed by atoms with Gasteiger partial charge in [0.25, 0.3) is 0 Å². The zero-order chi connectivity index (χ0) is 24.9. The number of fused-ring (bicyclic) bond motifs is 1. The Morgan fingerprint density at radius 3 is 2.21 bits per heavy atom. The van der Waals surface area contributed by atoms with Crippen molar-refractivity contribution in [3.63, 3.8) is 0 Å². The highest BCUT2D eigenvalue weighted by Gasteiger charge is 2.61. The third-order valence-electron chi connectivity index (χ3n) is 5.91. The normalized spacial score (nSPS) is 21.0. The molecule has 0 spiro atoms. The summed E-state index contributed by atoms with van der Waals surface area (Å²) in [7, 11) is 0. The van der Waals surface area contributed by atoms with Gasteiger partial charge in [0.05, 0.1) is 5.57 Å². The Kier molecular flexibility index (Phi) is 6.31. The van der Waals surface area contributed by atoms with E-state index in [1.165, 1.54) is 6.07 Å². The number of carbonyl (C=O) groups is 1. The van der Waals surface area contributed by atoms with E-state index >= 15 is 0 Å². The van der Waals surface area contributed by atoms with Crippen molar-refractivity contribution >= 4 is 34.7 Å².